The molecule has 3 rings (SSSR count). The first kappa shape index (κ1) is 16.6. The Morgan fingerprint density at radius 2 is 2.04 bits per heavy atom. The fraction of sp³-hybridized carbons (Fsp3) is 0.600. The van der Waals surface area contributed by atoms with Gasteiger partial charge in [0.2, 0.25) is 5.65 Å². The SMILES string of the molecule is COCCN1C(C)CN(c2ccc3ncc([N+](=O)[O-])n3n2)CC1C. The van der Waals surface area contributed by atoms with E-state index in [1.807, 2.05) is 6.07 Å². The van der Waals surface area contributed by atoms with Gasteiger partial charge in [0.05, 0.1) is 6.61 Å². The van der Waals surface area contributed by atoms with E-state index in [9.17, 15) is 10.1 Å². The van der Waals surface area contributed by atoms with Crippen molar-refractivity contribution < 1.29 is 9.66 Å². The number of hydrogen-bond donors (Lipinski definition) is 0. The number of hydrogen-bond acceptors (Lipinski definition) is 7. The molecule has 9 heteroatoms. The van der Waals surface area contributed by atoms with Gasteiger partial charge in [-0.2, -0.15) is 0 Å². The van der Waals surface area contributed by atoms with Gasteiger partial charge in [-0.3, -0.25) is 4.90 Å². The van der Waals surface area contributed by atoms with Crippen molar-refractivity contribution in [2.24, 2.45) is 0 Å². The maximum Gasteiger partial charge on any atom is 0.368 e. The summed E-state index contributed by atoms with van der Waals surface area (Å²) >= 11 is 0. The number of fused-ring (bicyclic) bond motifs is 1. The molecule has 0 saturated carbocycles. The molecule has 0 aliphatic carbocycles. The molecule has 0 radical (unpaired) electrons. The largest absolute Gasteiger partial charge is 0.383 e. The van der Waals surface area contributed by atoms with Crippen LogP contribution in [0, 0.1) is 10.1 Å². The van der Waals surface area contributed by atoms with Crippen LogP contribution in [-0.4, -0.2) is 69.9 Å². The third-order valence-electron chi connectivity index (χ3n) is 4.50. The lowest BCUT2D eigenvalue weighted by Crippen LogP contribution is -2.57. The Kier molecular flexibility index (Phi) is 4.63. The van der Waals surface area contributed by atoms with Gasteiger partial charge in [0.1, 0.15) is 6.20 Å². The van der Waals surface area contributed by atoms with Crippen molar-refractivity contribution in [3.63, 3.8) is 0 Å². The minimum atomic E-state index is -0.468. The number of imidazole rings is 1. The first-order chi connectivity index (χ1) is 11.5. The fourth-order valence-corrected chi connectivity index (χ4v) is 3.33. The monoisotopic (exact) mass is 334 g/mol. The van der Waals surface area contributed by atoms with Crippen LogP contribution >= 0.6 is 0 Å². The molecule has 1 aliphatic heterocycles. The number of nitro groups is 1. The van der Waals surface area contributed by atoms with E-state index in [4.69, 9.17) is 4.74 Å². The lowest BCUT2D eigenvalue weighted by molar-refractivity contribution is -0.391. The number of rotatable bonds is 5. The molecule has 2 atom stereocenters. The highest BCUT2D eigenvalue weighted by Crippen LogP contribution is 2.22. The molecule has 2 unspecified atom stereocenters. The van der Waals surface area contributed by atoms with Gasteiger partial charge in [-0.25, -0.2) is 4.98 Å². The molecule has 0 amide bonds. The summed E-state index contributed by atoms with van der Waals surface area (Å²) in [6.07, 6.45) is 1.24. The summed E-state index contributed by atoms with van der Waals surface area (Å²) in [5.74, 6) is 0.611. The quantitative estimate of drug-likeness (QED) is 0.599. The van der Waals surface area contributed by atoms with Crippen LogP contribution in [-0.2, 0) is 4.74 Å². The van der Waals surface area contributed by atoms with Crippen molar-refractivity contribution in [3.05, 3.63) is 28.4 Å². The van der Waals surface area contributed by atoms with Crippen LogP contribution in [0.1, 0.15) is 13.8 Å². The zero-order valence-electron chi connectivity index (χ0n) is 14.1. The third-order valence-corrected chi connectivity index (χ3v) is 4.50. The van der Waals surface area contributed by atoms with Crippen molar-refractivity contribution in [1.29, 1.82) is 0 Å². The average molecular weight is 334 g/mol. The normalized spacial score (nSPS) is 22.2. The van der Waals surface area contributed by atoms with Gasteiger partial charge in [0.15, 0.2) is 5.82 Å². The van der Waals surface area contributed by atoms with E-state index in [0.717, 1.165) is 25.5 Å². The molecule has 130 valence electrons. The van der Waals surface area contributed by atoms with E-state index in [1.54, 1.807) is 13.2 Å². The van der Waals surface area contributed by atoms with Crippen molar-refractivity contribution in [2.75, 3.05) is 38.3 Å². The Hall–Kier alpha value is -2.26. The number of piperazine rings is 1. The Bertz CT molecular complexity index is 721. The summed E-state index contributed by atoms with van der Waals surface area (Å²) in [7, 11) is 1.71. The van der Waals surface area contributed by atoms with Gasteiger partial charge in [0, 0.05) is 44.9 Å². The molecular formula is C15H22N6O3. The van der Waals surface area contributed by atoms with Crippen LogP contribution < -0.4 is 4.90 Å². The van der Waals surface area contributed by atoms with Crippen LogP contribution in [0.5, 0.6) is 0 Å². The Balaban J connectivity index is 1.83. The third kappa shape index (κ3) is 3.04. The Morgan fingerprint density at radius 1 is 1.33 bits per heavy atom. The van der Waals surface area contributed by atoms with Crippen LogP contribution in [0.15, 0.2) is 18.3 Å². The van der Waals surface area contributed by atoms with Gasteiger partial charge < -0.3 is 19.8 Å². The summed E-state index contributed by atoms with van der Waals surface area (Å²) in [6, 6.07) is 4.33. The number of aromatic nitrogens is 3. The first-order valence-corrected chi connectivity index (χ1v) is 8.00. The van der Waals surface area contributed by atoms with Gasteiger partial charge in [-0.15, -0.1) is 0 Å². The maximum atomic E-state index is 11.1. The molecule has 3 heterocycles. The van der Waals surface area contributed by atoms with Crippen LogP contribution in [0.3, 0.4) is 0 Å². The molecule has 24 heavy (non-hydrogen) atoms. The second kappa shape index (κ2) is 6.70. The van der Waals surface area contributed by atoms with Crippen molar-refractivity contribution >= 4 is 17.3 Å². The molecule has 1 aliphatic rings. The predicted octanol–water partition coefficient (Wildman–Crippen LogP) is 1.18. The molecule has 2 aromatic rings. The topological polar surface area (TPSA) is 89.0 Å². The van der Waals surface area contributed by atoms with Crippen molar-refractivity contribution in [3.8, 4) is 0 Å². The minimum absolute atomic E-state index is 0.119. The van der Waals surface area contributed by atoms with Gasteiger partial charge in [0.25, 0.3) is 0 Å². The minimum Gasteiger partial charge on any atom is -0.383 e. The highest BCUT2D eigenvalue weighted by atomic mass is 16.6. The first-order valence-electron chi connectivity index (χ1n) is 8.00. The fourth-order valence-electron chi connectivity index (χ4n) is 3.33. The van der Waals surface area contributed by atoms with Gasteiger partial charge in [-0.1, -0.05) is 9.61 Å². The Morgan fingerprint density at radius 3 is 2.67 bits per heavy atom. The standard InChI is InChI=1S/C15H22N6O3/c1-11-9-18(10-12(2)19(11)6-7-24-3)14-5-4-13-16-8-15(21(22)23)20(13)17-14/h4-5,8,11-12H,6-7,9-10H2,1-3H3. The smallest absolute Gasteiger partial charge is 0.368 e. The lowest BCUT2D eigenvalue weighted by Gasteiger charge is -2.44. The molecule has 0 aromatic carbocycles. The van der Waals surface area contributed by atoms with Gasteiger partial charge in [-0.05, 0) is 24.8 Å². The van der Waals surface area contributed by atoms with Crippen molar-refractivity contribution in [2.45, 2.75) is 25.9 Å². The molecule has 9 nitrogen and oxygen atoms in total. The van der Waals surface area contributed by atoms with Gasteiger partial charge >= 0.3 is 5.82 Å². The van der Waals surface area contributed by atoms with E-state index in [-0.39, 0.29) is 5.82 Å². The number of nitrogens with zero attached hydrogens (tertiary/aromatic N) is 6. The lowest BCUT2D eigenvalue weighted by atomic mass is 10.1. The summed E-state index contributed by atoms with van der Waals surface area (Å²) in [5.41, 5.74) is 0.477. The predicted molar refractivity (Wildman–Crippen MR) is 89.4 cm³/mol. The van der Waals surface area contributed by atoms with Crippen LogP contribution in [0.4, 0.5) is 11.6 Å². The number of anilines is 1. The Labute approximate surface area is 140 Å². The van der Waals surface area contributed by atoms with Crippen molar-refractivity contribution in [1.82, 2.24) is 19.5 Å². The second-order valence-corrected chi connectivity index (χ2v) is 6.17. The highest BCUT2D eigenvalue weighted by Gasteiger charge is 2.30. The average Bonchev–Trinajstić information content (AvgIpc) is 2.97. The van der Waals surface area contributed by atoms with E-state index < -0.39 is 4.92 Å². The van der Waals surface area contributed by atoms with E-state index in [2.05, 4.69) is 33.7 Å². The van der Waals surface area contributed by atoms with Crippen LogP contribution in [0.2, 0.25) is 0 Å². The van der Waals surface area contributed by atoms with Crippen LogP contribution in [0.25, 0.3) is 5.65 Å². The molecule has 0 N–H and O–H groups in total. The van der Waals surface area contributed by atoms with E-state index >= 15 is 0 Å². The molecule has 0 spiro atoms. The van der Waals surface area contributed by atoms with E-state index in [1.165, 1.54) is 10.7 Å². The number of methoxy groups -OCH3 is 1. The summed E-state index contributed by atoms with van der Waals surface area (Å²) < 4.78 is 6.48. The second-order valence-electron chi connectivity index (χ2n) is 6.17. The maximum absolute atomic E-state index is 11.1. The highest BCUT2D eigenvalue weighted by molar-refractivity contribution is 5.49. The molecule has 0 bridgehead atoms. The molecule has 1 saturated heterocycles. The molecule has 2 aromatic heterocycles. The molecular weight excluding hydrogens is 312 g/mol. The zero-order valence-corrected chi connectivity index (χ0v) is 14.1. The molecule has 1 fully saturated rings. The summed E-state index contributed by atoms with van der Waals surface area (Å²) in [4.78, 5) is 19.2. The van der Waals surface area contributed by atoms with E-state index in [0.29, 0.717) is 24.3 Å². The zero-order chi connectivity index (χ0) is 17.3. The number of ether oxygens (including phenoxy) is 1. The summed E-state index contributed by atoms with van der Waals surface area (Å²) in [6.45, 7) is 7.59. The summed E-state index contributed by atoms with van der Waals surface area (Å²) in [5, 5.41) is 15.5.